The molecule has 23 heavy (non-hydrogen) atoms. The average molecular weight is 321 g/mol. The van der Waals surface area contributed by atoms with Crippen molar-refractivity contribution in [3.63, 3.8) is 0 Å². The second-order valence-corrected chi connectivity index (χ2v) is 5.57. The molecule has 2 aromatic rings. The van der Waals surface area contributed by atoms with Crippen molar-refractivity contribution in [3.05, 3.63) is 35.8 Å². The van der Waals surface area contributed by atoms with Gasteiger partial charge in [-0.25, -0.2) is 18.7 Å². The second kappa shape index (κ2) is 6.04. The number of alkyl halides is 2. The van der Waals surface area contributed by atoms with Crippen LogP contribution < -0.4 is 10.2 Å². The summed E-state index contributed by atoms with van der Waals surface area (Å²) in [5, 5.41) is 12.4. The van der Waals surface area contributed by atoms with E-state index in [-0.39, 0.29) is 26.1 Å². The lowest BCUT2D eigenvalue weighted by Crippen LogP contribution is -2.25. The van der Waals surface area contributed by atoms with E-state index in [1.54, 1.807) is 24.5 Å². The summed E-state index contributed by atoms with van der Waals surface area (Å²) in [6.45, 7) is 1.50. The first-order valence-electron chi connectivity index (χ1n) is 7.25. The van der Waals surface area contributed by atoms with Gasteiger partial charge in [0.1, 0.15) is 17.5 Å². The molecule has 0 aliphatic carbocycles. The van der Waals surface area contributed by atoms with Crippen molar-refractivity contribution in [3.8, 4) is 0 Å². The first kappa shape index (κ1) is 15.5. The van der Waals surface area contributed by atoms with Crippen LogP contribution in [0.2, 0.25) is 0 Å². The minimum absolute atomic E-state index is 0.190. The van der Waals surface area contributed by atoms with Gasteiger partial charge in [0, 0.05) is 13.0 Å². The molecule has 0 amide bonds. The van der Waals surface area contributed by atoms with Crippen molar-refractivity contribution >= 4 is 17.5 Å². The lowest BCUT2D eigenvalue weighted by Gasteiger charge is -2.19. The van der Waals surface area contributed by atoms with Gasteiger partial charge in [-0.05, 0) is 24.6 Å². The molecule has 3 rings (SSSR count). The standard InChI is InChI=1S/C15H17F2N5O/c1-10-6-19-13(7-18-10)20-12-4-11(8-23)5-14(21-12)22-3-2-15(16,17)9-22/h4-7,23H,2-3,8-9H2,1H3,(H,19,20,21). The SMILES string of the molecule is Cc1cnc(Nc2cc(CO)cc(N3CCC(F)(F)C3)n2)cn1. The Morgan fingerprint density at radius 1 is 1.26 bits per heavy atom. The summed E-state index contributed by atoms with van der Waals surface area (Å²) < 4.78 is 26.8. The van der Waals surface area contributed by atoms with E-state index in [1.807, 2.05) is 6.92 Å². The maximum atomic E-state index is 13.4. The Kier molecular flexibility index (Phi) is 4.08. The van der Waals surface area contributed by atoms with Gasteiger partial charge in [0.05, 0.1) is 31.2 Å². The molecule has 1 fully saturated rings. The Hall–Kier alpha value is -2.35. The molecule has 0 saturated carbocycles. The molecule has 0 radical (unpaired) electrons. The Balaban J connectivity index is 1.85. The molecule has 122 valence electrons. The molecule has 6 nitrogen and oxygen atoms in total. The number of nitrogens with one attached hydrogen (secondary N) is 1. The van der Waals surface area contributed by atoms with E-state index in [0.717, 1.165) is 5.69 Å². The van der Waals surface area contributed by atoms with Crippen LogP contribution in [0.15, 0.2) is 24.5 Å². The number of aromatic nitrogens is 3. The number of hydrogen-bond donors (Lipinski definition) is 2. The van der Waals surface area contributed by atoms with E-state index in [1.165, 1.54) is 4.90 Å². The summed E-state index contributed by atoms with van der Waals surface area (Å²) in [4.78, 5) is 14.2. The summed E-state index contributed by atoms with van der Waals surface area (Å²) in [5.41, 5.74) is 1.38. The molecule has 0 aromatic carbocycles. The van der Waals surface area contributed by atoms with Gasteiger partial charge in [0.25, 0.3) is 5.92 Å². The third-order valence-electron chi connectivity index (χ3n) is 3.58. The van der Waals surface area contributed by atoms with Crippen molar-refractivity contribution in [2.24, 2.45) is 0 Å². The molecule has 0 bridgehead atoms. The van der Waals surface area contributed by atoms with Gasteiger partial charge < -0.3 is 15.3 Å². The van der Waals surface area contributed by atoms with E-state index >= 15 is 0 Å². The highest BCUT2D eigenvalue weighted by molar-refractivity contribution is 5.57. The highest BCUT2D eigenvalue weighted by Crippen LogP contribution is 2.31. The summed E-state index contributed by atoms with van der Waals surface area (Å²) in [6, 6.07) is 3.27. The minimum atomic E-state index is -2.70. The molecule has 1 saturated heterocycles. The van der Waals surface area contributed by atoms with Gasteiger partial charge >= 0.3 is 0 Å². The maximum Gasteiger partial charge on any atom is 0.266 e. The molecular formula is C15H17F2N5O. The van der Waals surface area contributed by atoms with E-state index < -0.39 is 5.92 Å². The number of aryl methyl sites for hydroxylation is 1. The van der Waals surface area contributed by atoms with Gasteiger partial charge in [-0.3, -0.25) is 4.98 Å². The summed E-state index contributed by atoms with van der Waals surface area (Å²) in [7, 11) is 0. The fraction of sp³-hybridized carbons (Fsp3) is 0.400. The van der Waals surface area contributed by atoms with Gasteiger partial charge in [0.2, 0.25) is 0 Å². The second-order valence-electron chi connectivity index (χ2n) is 5.57. The van der Waals surface area contributed by atoms with Gasteiger partial charge in [0.15, 0.2) is 0 Å². The Labute approximate surface area is 132 Å². The van der Waals surface area contributed by atoms with Crippen molar-refractivity contribution < 1.29 is 13.9 Å². The zero-order chi connectivity index (χ0) is 16.4. The van der Waals surface area contributed by atoms with Crippen LogP contribution in [0.25, 0.3) is 0 Å². The predicted octanol–water partition coefficient (Wildman–Crippen LogP) is 2.26. The first-order valence-corrected chi connectivity index (χ1v) is 7.25. The quantitative estimate of drug-likeness (QED) is 0.900. The predicted molar refractivity (Wildman–Crippen MR) is 82.0 cm³/mol. The molecule has 1 aliphatic heterocycles. The summed E-state index contributed by atoms with van der Waals surface area (Å²) >= 11 is 0. The molecule has 3 heterocycles. The Morgan fingerprint density at radius 2 is 2.09 bits per heavy atom. The maximum absolute atomic E-state index is 13.4. The normalized spacial score (nSPS) is 16.6. The number of hydrogen-bond acceptors (Lipinski definition) is 6. The van der Waals surface area contributed by atoms with Gasteiger partial charge in [-0.2, -0.15) is 0 Å². The Morgan fingerprint density at radius 3 is 2.70 bits per heavy atom. The Bertz CT molecular complexity index is 693. The van der Waals surface area contributed by atoms with E-state index in [2.05, 4.69) is 20.3 Å². The lowest BCUT2D eigenvalue weighted by atomic mass is 10.2. The molecule has 8 heteroatoms. The topological polar surface area (TPSA) is 74.2 Å². The third kappa shape index (κ3) is 3.70. The fourth-order valence-corrected chi connectivity index (χ4v) is 2.41. The van der Waals surface area contributed by atoms with Crippen LogP contribution in [0.3, 0.4) is 0 Å². The number of pyridine rings is 1. The number of nitrogens with zero attached hydrogens (tertiary/aromatic N) is 4. The number of aliphatic hydroxyl groups is 1. The van der Waals surface area contributed by atoms with Crippen LogP contribution in [0.1, 0.15) is 17.7 Å². The van der Waals surface area contributed by atoms with Crippen LogP contribution in [-0.4, -0.2) is 39.1 Å². The molecule has 0 unspecified atom stereocenters. The highest BCUT2D eigenvalue weighted by atomic mass is 19.3. The van der Waals surface area contributed by atoms with Crippen LogP contribution in [0.4, 0.5) is 26.2 Å². The number of anilines is 3. The smallest absolute Gasteiger partial charge is 0.266 e. The highest BCUT2D eigenvalue weighted by Gasteiger charge is 2.38. The summed E-state index contributed by atoms with van der Waals surface area (Å²) in [6.07, 6.45) is 2.98. The molecule has 0 spiro atoms. The van der Waals surface area contributed by atoms with Crippen LogP contribution in [0.5, 0.6) is 0 Å². The third-order valence-corrected chi connectivity index (χ3v) is 3.58. The van der Waals surface area contributed by atoms with Crippen LogP contribution in [-0.2, 0) is 6.61 Å². The van der Waals surface area contributed by atoms with Crippen LogP contribution >= 0.6 is 0 Å². The molecule has 0 atom stereocenters. The van der Waals surface area contributed by atoms with Gasteiger partial charge in [-0.15, -0.1) is 0 Å². The van der Waals surface area contributed by atoms with Crippen molar-refractivity contribution in [2.45, 2.75) is 25.9 Å². The van der Waals surface area contributed by atoms with E-state index in [0.29, 0.717) is 23.0 Å². The zero-order valence-electron chi connectivity index (χ0n) is 12.6. The molecule has 2 aromatic heterocycles. The van der Waals surface area contributed by atoms with Crippen LogP contribution in [0, 0.1) is 6.92 Å². The number of aliphatic hydroxyl groups excluding tert-OH is 1. The monoisotopic (exact) mass is 321 g/mol. The molecule has 2 N–H and O–H groups in total. The van der Waals surface area contributed by atoms with Crippen molar-refractivity contribution in [1.29, 1.82) is 0 Å². The largest absolute Gasteiger partial charge is 0.392 e. The van der Waals surface area contributed by atoms with Crippen molar-refractivity contribution in [1.82, 2.24) is 15.0 Å². The fourth-order valence-electron chi connectivity index (χ4n) is 2.41. The van der Waals surface area contributed by atoms with E-state index in [9.17, 15) is 13.9 Å². The summed E-state index contributed by atoms with van der Waals surface area (Å²) in [5.74, 6) is -1.36. The minimum Gasteiger partial charge on any atom is -0.392 e. The average Bonchev–Trinajstić information content (AvgIpc) is 2.89. The molecule has 1 aliphatic rings. The van der Waals surface area contributed by atoms with E-state index in [4.69, 9.17) is 0 Å². The van der Waals surface area contributed by atoms with Gasteiger partial charge in [-0.1, -0.05) is 0 Å². The zero-order valence-corrected chi connectivity index (χ0v) is 12.6. The first-order chi connectivity index (χ1) is 10.9. The lowest BCUT2D eigenvalue weighted by molar-refractivity contribution is 0.0256. The molecular weight excluding hydrogens is 304 g/mol. The van der Waals surface area contributed by atoms with Crippen molar-refractivity contribution in [2.75, 3.05) is 23.3 Å². The number of rotatable bonds is 4. The number of halogens is 2.